The average Bonchev–Trinajstić information content (AvgIpc) is 2.66. The molecule has 0 fully saturated rings. The molecule has 0 unspecified atom stereocenters. The van der Waals surface area contributed by atoms with Gasteiger partial charge in [-0.05, 0) is 24.1 Å². The largest absolute Gasteiger partial charge is 0.497 e. The maximum atomic E-state index is 12.2. The van der Waals surface area contributed by atoms with Gasteiger partial charge in [-0.3, -0.25) is 4.79 Å². The van der Waals surface area contributed by atoms with Gasteiger partial charge in [0.25, 0.3) is 5.91 Å². The van der Waals surface area contributed by atoms with Gasteiger partial charge >= 0.3 is 0 Å². The predicted octanol–water partition coefficient (Wildman–Crippen LogP) is 3.46. The average molecular weight is 357 g/mol. The fourth-order valence-electron chi connectivity index (χ4n) is 2.34. The van der Waals surface area contributed by atoms with Gasteiger partial charge in [-0.15, -0.1) is 6.58 Å². The number of hydrogen-bond donors (Lipinski definition) is 1. The summed E-state index contributed by atoms with van der Waals surface area (Å²) in [5.41, 5.74) is 1.61. The van der Waals surface area contributed by atoms with Gasteiger partial charge in [-0.25, -0.2) is 0 Å². The minimum Gasteiger partial charge on any atom is -0.497 e. The summed E-state index contributed by atoms with van der Waals surface area (Å²) in [6, 6.07) is 10.7. The van der Waals surface area contributed by atoms with E-state index in [1.54, 1.807) is 45.6 Å². The number of benzene rings is 2. The molecule has 0 radical (unpaired) electrons. The van der Waals surface area contributed by atoms with E-state index >= 15 is 0 Å². The topological polar surface area (TPSA) is 66.0 Å². The first-order valence-electron chi connectivity index (χ1n) is 8.03. The van der Waals surface area contributed by atoms with Crippen LogP contribution >= 0.6 is 0 Å². The zero-order chi connectivity index (χ0) is 18.9. The first kappa shape index (κ1) is 19.2. The van der Waals surface area contributed by atoms with E-state index in [1.807, 2.05) is 18.2 Å². The SMILES string of the molecule is C=CCc1ccc(OCC(=O)Nc2cc(OC)cc(OC)c2)c(OC)c1. The summed E-state index contributed by atoms with van der Waals surface area (Å²) in [5.74, 6) is 1.93. The summed E-state index contributed by atoms with van der Waals surface area (Å²) >= 11 is 0. The summed E-state index contributed by atoms with van der Waals surface area (Å²) in [5, 5.41) is 2.75. The molecule has 2 rings (SSSR count). The number of rotatable bonds is 9. The predicted molar refractivity (Wildman–Crippen MR) is 101 cm³/mol. The number of carbonyl (C=O) groups excluding carboxylic acids is 1. The minimum atomic E-state index is -0.308. The first-order chi connectivity index (χ1) is 12.6. The van der Waals surface area contributed by atoms with Crippen LogP contribution in [-0.4, -0.2) is 33.8 Å². The van der Waals surface area contributed by atoms with Gasteiger partial charge in [0, 0.05) is 23.9 Å². The van der Waals surface area contributed by atoms with Gasteiger partial charge < -0.3 is 24.3 Å². The lowest BCUT2D eigenvalue weighted by Crippen LogP contribution is -2.20. The van der Waals surface area contributed by atoms with E-state index < -0.39 is 0 Å². The molecule has 0 spiro atoms. The monoisotopic (exact) mass is 357 g/mol. The van der Waals surface area contributed by atoms with Gasteiger partial charge in [0.15, 0.2) is 18.1 Å². The number of hydrogen-bond acceptors (Lipinski definition) is 5. The highest BCUT2D eigenvalue weighted by Crippen LogP contribution is 2.29. The lowest BCUT2D eigenvalue weighted by atomic mass is 10.1. The fourth-order valence-corrected chi connectivity index (χ4v) is 2.34. The molecular weight excluding hydrogens is 334 g/mol. The molecule has 0 heterocycles. The molecule has 1 amide bonds. The Labute approximate surface area is 153 Å². The molecule has 0 bridgehead atoms. The van der Waals surface area contributed by atoms with Crippen LogP contribution in [0.1, 0.15) is 5.56 Å². The third-order valence-electron chi connectivity index (χ3n) is 3.60. The molecule has 0 aromatic heterocycles. The van der Waals surface area contributed by atoms with Crippen LogP contribution in [0.5, 0.6) is 23.0 Å². The van der Waals surface area contributed by atoms with Crippen molar-refractivity contribution in [1.29, 1.82) is 0 Å². The number of methoxy groups -OCH3 is 3. The quantitative estimate of drug-likeness (QED) is 0.696. The van der Waals surface area contributed by atoms with E-state index in [0.29, 0.717) is 28.7 Å². The van der Waals surface area contributed by atoms with Crippen LogP contribution in [0.2, 0.25) is 0 Å². The maximum absolute atomic E-state index is 12.2. The van der Waals surface area contributed by atoms with Crippen molar-refractivity contribution in [3.05, 3.63) is 54.6 Å². The summed E-state index contributed by atoms with van der Waals surface area (Å²) < 4.78 is 21.3. The second-order valence-corrected chi connectivity index (χ2v) is 5.42. The van der Waals surface area contributed by atoms with E-state index in [9.17, 15) is 4.79 Å². The van der Waals surface area contributed by atoms with Crippen LogP contribution in [0.25, 0.3) is 0 Å². The molecule has 6 nitrogen and oxygen atoms in total. The van der Waals surface area contributed by atoms with Crippen molar-refractivity contribution in [2.75, 3.05) is 33.3 Å². The fraction of sp³-hybridized carbons (Fsp3) is 0.250. The molecule has 138 valence electrons. The Morgan fingerprint density at radius 2 is 1.69 bits per heavy atom. The van der Waals surface area contributed by atoms with E-state index in [1.165, 1.54) is 0 Å². The van der Waals surface area contributed by atoms with Crippen LogP contribution < -0.4 is 24.3 Å². The molecule has 0 aliphatic rings. The Hall–Kier alpha value is -3.15. The Balaban J connectivity index is 2.02. The normalized spacial score (nSPS) is 9.96. The summed E-state index contributed by atoms with van der Waals surface area (Å²) in [7, 11) is 4.65. The van der Waals surface area contributed by atoms with Gasteiger partial charge in [0.1, 0.15) is 11.5 Å². The van der Waals surface area contributed by atoms with Gasteiger partial charge in [-0.2, -0.15) is 0 Å². The first-order valence-corrected chi connectivity index (χ1v) is 8.03. The van der Waals surface area contributed by atoms with E-state index in [-0.39, 0.29) is 12.5 Å². The molecule has 0 saturated carbocycles. The van der Waals surface area contributed by atoms with Crippen molar-refractivity contribution in [2.45, 2.75) is 6.42 Å². The molecule has 2 aromatic rings. The standard InChI is InChI=1S/C20H23NO5/c1-5-6-14-7-8-18(19(9-14)25-4)26-13-20(22)21-15-10-16(23-2)12-17(11-15)24-3/h5,7-12H,1,6,13H2,2-4H3,(H,21,22). The second kappa shape index (κ2) is 9.36. The highest BCUT2D eigenvalue weighted by Gasteiger charge is 2.10. The van der Waals surface area contributed by atoms with Crippen LogP contribution in [-0.2, 0) is 11.2 Å². The minimum absolute atomic E-state index is 0.156. The number of nitrogens with one attached hydrogen (secondary N) is 1. The van der Waals surface area contributed by atoms with Crippen molar-refractivity contribution in [1.82, 2.24) is 0 Å². The van der Waals surface area contributed by atoms with Gasteiger partial charge in [0.2, 0.25) is 0 Å². The lowest BCUT2D eigenvalue weighted by molar-refractivity contribution is -0.118. The third kappa shape index (κ3) is 5.17. The molecule has 0 saturated heterocycles. The summed E-state index contributed by atoms with van der Waals surface area (Å²) in [4.78, 5) is 12.2. The highest BCUT2D eigenvalue weighted by molar-refractivity contribution is 5.92. The van der Waals surface area contributed by atoms with E-state index in [4.69, 9.17) is 18.9 Å². The molecule has 0 atom stereocenters. The number of amides is 1. The van der Waals surface area contributed by atoms with E-state index in [2.05, 4.69) is 11.9 Å². The molecular formula is C20H23NO5. The van der Waals surface area contributed by atoms with Crippen LogP contribution in [0.3, 0.4) is 0 Å². The number of anilines is 1. The van der Waals surface area contributed by atoms with Crippen molar-refractivity contribution >= 4 is 11.6 Å². The summed E-state index contributed by atoms with van der Waals surface area (Å²) in [6.07, 6.45) is 2.54. The molecule has 0 aliphatic carbocycles. The maximum Gasteiger partial charge on any atom is 0.262 e. The summed E-state index contributed by atoms with van der Waals surface area (Å²) in [6.45, 7) is 3.56. The third-order valence-corrected chi connectivity index (χ3v) is 3.60. The lowest BCUT2D eigenvalue weighted by Gasteiger charge is -2.13. The molecule has 0 aliphatic heterocycles. The van der Waals surface area contributed by atoms with Gasteiger partial charge in [0.05, 0.1) is 21.3 Å². The van der Waals surface area contributed by atoms with Crippen molar-refractivity contribution < 1.29 is 23.7 Å². The van der Waals surface area contributed by atoms with Crippen molar-refractivity contribution in [2.24, 2.45) is 0 Å². The molecule has 6 heteroatoms. The number of allylic oxidation sites excluding steroid dienone is 1. The van der Waals surface area contributed by atoms with Crippen LogP contribution in [0, 0.1) is 0 Å². The number of carbonyl (C=O) groups is 1. The molecule has 1 N–H and O–H groups in total. The van der Waals surface area contributed by atoms with Crippen LogP contribution in [0.15, 0.2) is 49.1 Å². The van der Waals surface area contributed by atoms with E-state index in [0.717, 1.165) is 12.0 Å². The highest BCUT2D eigenvalue weighted by atomic mass is 16.5. The molecule has 2 aromatic carbocycles. The smallest absolute Gasteiger partial charge is 0.262 e. The number of ether oxygens (including phenoxy) is 4. The Morgan fingerprint density at radius 1 is 1.00 bits per heavy atom. The van der Waals surface area contributed by atoms with Crippen molar-refractivity contribution in [3.8, 4) is 23.0 Å². The zero-order valence-electron chi connectivity index (χ0n) is 15.2. The Morgan fingerprint density at radius 3 is 2.27 bits per heavy atom. The van der Waals surface area contributed by atoms with Crippen LogP contribution in [0.4, 0.5) is 5.69 Å². The van der Waals surface area contributed by atoms with Gasteiger partial charge in [-0.1, -0.05) is 12.1 Å². The Kier molecular flexibility index (Phi) is 6.91. The Bertz CT molecular complexity index is 751. The zero-order valence-corrected chi connectivity index (χ0v) is 15.2. The van der Waals surface area contributed by atoms with Crippen molar-refractivity contribution in [3.63, 3.8) is 0 Å². The second-order valence-electron chi connectivity index (χ2n) is 5.42. The molecule has 26 heavy (non-hydrogen) atoms.